The molecule has 166 valence electrons. The molecule has 2 nitrogen and oxygen atoms in total. The fraction of sp³-hybridized carbons (Fsp3) is 0.556. The molecule has 0 saturated carbocycles. The van der Waals surface area contributed by atoms with E-state index in [0.717, 1.165) is 0 Å². The number of hydrogen-bond donors (Lipinski definition) is 0. The fourth-order valence-electron chi connectivity index (χ4n) is 4.21. The molecule has 2 aromatic rings. The Kier molecular flexibility index (Phi) is 12.7. The predicted octanol–water partition coefficient (Wildman–Crippen LogP) is 8.13. The van der Waals surface area contributed by atoms with Crippen LogP contribution in [0.1, 0.15) is 70.4 Å². The molecule has 0 saturated heterocycles. The van der Waals surface area contributed by atoms with Crippen molar-refractivity contribution in [1.82, 2.24) is 0 Å². The minimum absolute atomic E-state index is 0.0318. The summed E-state index contributed by atoms with van der Waals surface area (Å²) in [6.45, 7) is 8.27. The molecule has 0 heterocycles. The molecule has 0 atom stereocenters. The molecule has 0 aliphatic heterocycles. The molecular formula is C27H42O2Sn. The first-order valence-corrected chi connectivity index (χ1v) is 19.8. The van der Waals surface area contributed by atoms with Gasteiger partial charge in [-0.2, -0.15) is 0 Å². The van der Waals surface area contributed by atoms with Crippen molar-refractivity contribution in [2.24, 2.45) is 0 Å². The van der Waals surface area contributed by atoms with Gasteiger partial charge in [-0.1, -0.05) is 0 Å². The third kappa shape index (κ3) is 8.72. The Labute approximate surface area is 189 Å². The Morgan fingerprint density at radius 1 is 0.600 bits per heavy atom. The van der Waals surface area contributed by atoms with Crippen LogP contribution in [0, 0.1) is 0 Å². The van der Waals surface area contributed by atoms with Crippen LogP contribution in [0.15, 0.2) is 60.7 Å². The molecule has 0 fully saturated rings. The van der Waals surface area contributed by atoms with Gasteiger partial charge in [0.05, 0.1) is 0 Å². The van der Waals surface area contributed by atoms with Crippen LogP contribution in [0.2, 0.25) is 13.3 Å². The third-order valence-corrected chi connectivity index (χ3v) is 21.4. The molecule has 0 aliphatic rings. The van der Waals surface area contributed by atoms with E-state index in [-0.39, 0.29) is 4.31 Å². The number of ether oxygens (including phenoxy) is 2. The molecule has 0 radical (unpaired) electrons. The van der Waals surface area contributed by atoms with Crippen LogP contribution in [0.3, 0.4) is 0 Å². The normalized spacial score (nSPS) is 11.9. The van der Waals surface area contributed by atoms with Gasteiger partial charge in [-0.25, -0.2) is 0 Å². The van der Waals surface area contributed by atoms with Gasteiger partial charge in [-0.05, 0) is 0 Å². The van der Waals surface area contributed by atoms with Crippen LogP contribution in [0.25, 0.3) is 0 Å². The van der Waals surface area contributed by atoms with E-state index in [9.17, 15) is 0 Å². The van der Waals surface area contributed by atoms with Crippen LogP contribution in [0.4, 0.5) is 0 Å². The second-order valence-corrected chi connectivity index (χ2v) is 22.0. The zero-order chi connectivity index (χ0) is 21.5. The van der Waals surface area contributed by atoms with E-state index in [1.165, 1.54) is 63.0 Å². The van der Waals surface area contributed by atoms with E-state index >= 15 is 0 Å². The van der Waals surface area contributed by atoms with Crippen molar-refractivity contribution in [3.8, 4) is 0 Å². The van der Waals surface area contributed by atoms with Gasteiger partial charge in [0.25, 0.3) is 0 Å². The summed E-state index contributed by atoms with van der Waals surface area (Å²) in [5.41, 5.74) is 2.49. The number of hydrogen-bond acceptors (Lipinski definition) is 2. The zero-order valence-electron chi connectivity index (χ0n) is 19.4. The first-order valence-electron chi connectivity index (χ1n) is 12.0. The Morgan fingerprint density at radius 2 is 0.967 bits per heavy atom. The Balaban J connectivity index is 2.24. The van der Waals surface area contributed by atoms with Gasteiger partial charge >= 0.3 is 190 Å². The monoisotopic (exact) mass is 518 g/mol. The van der Waals surface area contributed by atoms with E-state index in [0.29, 0.717) is 13.2 Å². The second kappa shape index (κ2) is 15.0. The molecule has 2 rings (SSSR count). The van der Waals surface area contributed by atoms with E-state index in [1.54, 1.807) is 0 Å². The third-order valence-electron chi connectivity index (χ3n) is 6.07. The summed E-state index contributed by atoms with van der Waals surface area (Å²) in [5, 5.41) is 0. The average molecular weight is 517 g/mol. The van der Waals surface area contributed by atoms with Crippen molar-refractivity contribution in [2.75, 3.05) is 0 Å². The van der Waals surface area contributed by atoms with Crippen molar-refractivity contribution in [1.29, 1.82) is 0 Å². The standard InChI is InChI=1S/C15H15O2.3C4H9.Sn/c1-3-7-14(8-4-1)11-16-13-17-12-15-9-5-2-6-10-15;3*1-3-4-2;/h1-10,13H,11-12H2;3*1,3-4H2,2H3;. The Bertz CT molecular complexity index is 594. The first kappa shape index (κ1) is 25.4. The SMILES string of the molecule is CCC[CH2][Sn]([CH2]CCC)([CH2]CCC)[CH](OCc1ccccc1)OCc1ccccc1. The molecule has 0 spiro atoms. The van der Waals surface area contributed by atoms with Crippen molar-refractivity contribution in [2.45, 2.75) is 90.1 Å². The Hall–Kier alpha value is -0.841. The molecule has 0 aromatic heterocycles. The summed E-state index contributed by atoms with van der Waals surface area (Å²) in [6, 6.07) is 21.2. The van der Waals surface area contributed by atoms with Gasteiger partial charge in [-0.15, -0.1) is 0 Å². The second-order valence-electron chi connectivity index (χ2n) is 8.60. The van der Waals surface area contributed by atoms with Crippen LogP contribution in [-0.4, -0.2) is 22.7 Å². The average Bonchev–Trinajstić information content (AvgIpc) is 2.80. The fourth-order valence-corrected chi connectivity index (χ4v) is 19.9. The van der Waals surface area contributed by atoms with Gasteiger partial charge in [-0.3, -0.25) is 0 Å². The van der Waals surface area contributed by atoms with E-state index < -0.39 is 18.4 Å². The summed E-state index contributed by atoms with van der Waals surface area (Å²) in [6.07, 6.45) is 7.76. The van der Waals surface area contributed by atoms with Gasteiger partial charge in [0, 0.05) is 0 Å². The van der Waals surface area contributed by atoms with E-state index in [4.69, 9.17) is 9.47 Å². The quantitative estimate of drug-likeness (QED) is 0.165. The van der Waals surface area contributed by atoms with Crippen molar-refractivity contribution in [3.05, 3.63) is 71.8 Å². The molecule has 0 bridgehead atoms. The summed E-state index contributed by atoms with van der Waals surface area (Å²) in [7, 11) is 0. The molecule has 2 aromatic carbocycles. The minimum atomic E-state index is -2.68. The summed E-state index contributed by atoms with van der Waals surface area (Å²) in [5.74, 6) is 0. The van der Waals surface area contributed by atoms with Crippen LogP contribution >= 0.6 is 0 Å². The number of rotatable bonds is 16. The summed E-state index contributed by atoms with van der Waals surface area (Å²) >= 11 is -2.68. The maximum atomic E-state index is 6.68. The van der Waals surface area contributed by atoms with Gasteiger partial charge < -0.3 is 0 Å². The first-order chi connectivity index (χ1) is 14.7. The van der Waals surface area contributed by atoms with Crippen LogP contribution in [0.5, 0.6) is 0 Å². The van der Waals surface area contributed by atoms with Crippen molar-refractivity contribution < 1.29 is 9.47 Å². The molecule has 30 heavy (non-hydrogen) atoms. The van der Waals surface area contributed by atoms with Crippen molar-refractivity contribution >= 4 is 18.4 Å². The summed E-state index contributed by atoms with van der Waals surface area (Å²) < 4.78 is 17.6. The number of benzene rings is 2. The molecule has 0 unspecified atom stereocenters. The zero-order valence-corrected chi connectivity index (χ0v) is 22.3. The molecule has 3 heteroatoms. The van der Waals surface area contributed by atoms with Crippen molar-refractivity contribution in [3.63, 3.8) is 0 Å². The topological polar surface area (TPSA) is 18.5 Å². The predicted molar refractivity (Wildman–Crippen MR) is 131 cm³/mol. The Morgan fingerprint density at radius 3 is 1.30 bits per heavy atom. The van der Waals surface area contributed by atoms with E-state index in [2.05, 4.69) is 81.4 Å². The molecule has 0 aliphatic carbocycles. The molecule has 0 N–H and O–H groups in total. The maximum absolute atomic E-state index is 6.68. The number of unbranched alkanes of at least 4 members (excludes halogenated alkanes) is 3. The van der Waals surface area contributed by atoms with Gasteiger partial charge in [0.15, 0.2) is 0 Å². The molecule has 0 amide bonds. The van der Waals surface area contributed by atoms with Crippen LogP contribution in [-0.2, 0) is 22.7 Å². The van der Waals surface area contributed by atoms with Crippen LogP contribution < -0.4 is 0 Å². The summed E-state index contributed by atoms with van der Waals surface area (Å²) in [4.78, 5) is 0. The molecular weight excluding hydrogens is 475 g/mol. The van der Waals surface area contributed by atoms with E-state index in [1.807, 2.05) is 0 Å². The van der Waals surface area contributed by atoms with Gasteiger partial charge in [0.2, 0.25) is 0 Å². The van der Waals surface area contributed by atoms with Gasteiger partial charge in [0.1, 0.15) is 0 Å².